The number of nitrogens with zero attached hydrogens (tertiary/aromatic N) is 1. The predicted octanol–water partition coefficient (Wildman–Crippen LogP) is 3.19. The number of carbonyl (C=O) groups excluding carboxylic acids is 3. The Labute approximate surface area is 171 Å². The molecule has 0 aliphatic heterocycles. The van der Waals surface area contributed by atoms with Crippen LogP contribution >= 0.6 is 11.6 Å². The lowest BCUT2D eigenvalue weighted by Gasteiger charge is -2.23. The van der Waals surface area contributed by atoms with Gasteiger partial charge in [-0.15, -0.1) is 0 Å². The van der Waals surface area contributed by atoms with Crippen LogP contribution in [0.15, 0.2) is 24.3 Å². The maximum atomic E-state index is 12.4. The van der Waals surface area contributed by atoms with Crippen LogP contribution < -0.4 is 5.32 Å². The molecule has 1 aromatic rings. The van der Waals surface area contributed by atoms with Gasteiger partial charge in [-0.1, -0.05) is 23.7 Å². The highest BCUT2D eigenvalue weighted by Crippen LogP contribution is 2.11. The third-order valence-corrected chi connectivity index (χ3v) is 4.15. The molecular weight excluding hydrogens is 384 g/mol. The number of halogens is 1. The molecular formula is C20H29ClN2O5. The molecule has 0 aromatic heterocycles. The number of rotatable bonds is 8. The molecule has 1 atom stereocenters. The standard InChI is InChI=1S/C20H29ClN2O5/c1-20(2,3)28-19(26)22-16(18(25)27-5)10-11-17(24)23(4)13-12-14-6-8-15(21)9-7-14/h6-9,16H,10-13H2,1-5H3,(H,22,26)/t16-/m0/s1. The van der Waals surface area contributed by atoms with E-state index in [0.717, 1.165) is 5.56 Å². The maximum absolute atomic E-state index is 12.4. The highest BCUT2D eigenvalue weighted by atomic mass is 35.5. The van der Waals surface area contributed by atoms with Crippen molar-refractivity contribution in [2.75, 3.05) is 20.7 Å². The first-order chi connectivity index (χ1) is 13.0. The van der Waals surface area contributed by atoms with E-state index in [1.54, 1.807) is 32.7 Å². The van der Waals surface area contributed by atoms with E-state index in [9.17, 15) is 14.4 Å². The van der Waals surface area contributed by atoms with E-state index < -0.39 is 23.7 Å². The highest BCUT2D eigenvalue weighted by molar-refractivity contribution is 6.30. The van der Waals surface area contributed by atoms with Gasteiger partial charge in [-0.3, -0.25) is 4.79 Å². The zero-order chi connectivity index (χ0) is 21.3. The average molecular weight is 413 g/mol. The van der Waals surface area contributed by atoms with Crippen LogP contribution in [0, 0.1) is 0 Å². The number of alkyl carbamates (subject to hydrolysis) is 1. The summed E-state index contributed by atoms with van der Waals surface area (Å²) in [5.74, 6) is -0.753. The van der Waals surface area contributed by atoms with Crippen molar-refractivity contribution in [3.8, 4) is 0 Å². The molecule has 0 heterocycles. The van der Waals surface area contributed by atoms with Crippen LogP contribution in [0.1, 0.15) is 39.2 Å². The van der Waals surface area contributed by atoms with Gasteiger partial charge in [0.25, 0.3) is 0 Å². The van der Waals surface area contributed by atoms with E-state index in [0.29, 0.717) is 18.0 Å². The zero-order valence-corrected chi connectivity index (χ0v) is 17.8. The first kappa shape index (κ1) is 23.8. The lowest BCUT2D eigenvalue weighted by molar-refractivity contribution is -0.143. The van der Waals surface area contributed by atoms with Crippen molar-refractivity contribution >= 4 is 29.6 Å². The van der Waals surface area contributed by atoms with Crippen LogP contribution in [0.25, 0.3) is 0 Å². The number of ether oxygens (including phenoxy) is 2. The highest BCUT2D eigenvalue weighted by Gasteiger charge is 2.26. The Balaban J connectivity index is 2.53. The van der Waals surface area contributed by atoms with E-state index in [4.69, 9.17) is 21.1 Å². The Morgan fingerprint density at radius 3 is 2.32 bits per heavy atom. The fourth-order valence-corrected chi connectivity index (χ4v) is 2.50. The number of methoxy groups -OCH3 is 1. The van der Waals surface area contributed by atoms with E-state index in [1.807, 2.05) is 24.3 Å². The van der Waals surface area contributed by atoms with Crippen LogP contribution in [-0.4, -0.2) is 55.2 Å². The Hall–Kier alpha value is -2.28. The van der Waals surface area contributed by atoms with Crippen molar-refractivity contribution in [2.45, 2.75) is 51.7 Å². The molecule has 0 unspecified atom stereocenters. The summed E-state index contributed by atoms with van der Waals surface area (Å²) < 4.78 is 9.86. The fourth-order valence-electron chi connectivity index (χ4n) is 2.37. The largest absolute Gasteiger partial charge is 0.467 e. The molecule has 7 nitrogen and oxygen atoms in total. The minimum atomic E-state index is -0.950. The summed E-state index contributed by atoms with van der Waals surface area (Å²) in [5.41, 5.74) is 0.380. The zero-order valence-electron chi connectivity index (χ0n) is 17.1. The molecule has 0 aliphatic carbocycles. The molecule has 1 aromatic carbocycles. The molecule has 0 bridgehead atoms. The summed E-state index contributed by atoms with van der Waals surface area (Å²) in [6.07, 6.45) is 0.171. The number of benzene rings is 1. The molecule has 156 valence electrons. The molecule has 0 saturated carbocycles. The molecule has 0 aliphatic rings. The minimum Gasteiger partial charge on any atom is -0.467 e. The summed E-state index contributed by atoms with van der Waals surface area (Å²) in [4.78, 5) is 37.8. The second kappa shape index (κ2) is 10.9. The molecule has 0 fully saturated rings. The van der Waals surface area contributed by atoms with Gasteiger partial charge in [-0.05, 0) is 51.3 Å². The Bertz CT molecular complexity index is 670. The molecule has 0 saturated heterocycles. The number of nitrogens with one attached hydrogen (secondary N) is 1. The third-order valence-electron chi connectivity index (χ3n) is 3.90. The van der Waals surface area contributed by atoms with Crippen LogP contribution in [0.3, 0.4) is 0 Å². The van der Waals surface area contributed by atoms with Gasteiger partial charge in [-0.2, -0.15) is 0 Å². The number of likely N-dealkylation sites (N-methyl/N-ethyl adjacent to an activating group) is 1. The Morgan fingerprint density at radius 2 is 1.79 bits per heavy atom. The third kappa shape index (κ3) is 9.08. The van der Waals surface area contributed by atoms with E-state index in [1.165, 1.54) is 7.11 Å². The molecule has 0 spiro atoms. The molecule has 1 rings (SSSR count). The lowest BCUT2D eigenvalue weighted by atomic mass is 10.1. The van der Waals surface area contributed by atoms with Crippen molar-refractivity contribution in [1.82, 2.24) is 10.2 Å². The lowest BCUT2D eigenvalue weighted by Crippen LogP contribution is -2.44. The average Bonchev–Trinajstić information content (AvgIpc) is 2.61. The normalized spacial score (nSPS) is 12.1. The topological polar surface area (TPSA) is 84.9 Å². The molecule has 28 heavy (non-hydrogen) atoms. The summed E-state index contributed by atoms with van der Waals surface area (Å²) >= 11 is 5.86. The summed E-state index contributed by atoms with van der Waals surface area (Å²) in [6, 6.07) is 6.50. The number of amides is 2. The SMILES string of the molecule is COC(=O)[C@H](CCC(=O)N(C)CCc1ccc(Cl)cc1)NC(=O)OC(C)(C)C. The van der Waals surface area contributed by atoms with Gasteiger partial charge in [0.1, 0.15) is 11.6 Å². The van der Waals surface area contributed by atoms with Crippen molar-refractivity contribution in [3.05, 3.63) is 34.9 Å². The second-order valence-corrected chi connectivity index (χ2v) is 7.89. The Morgan fingerprint density at radius 1 is 1.18 bits per heavy atom. The molecule has 8 heteroatoms. The van der Waals surface area contributed by atoms with Gasteiger partial charge in [0.2, 0.25) is 5.91 Å². The number of hydrogen-bond donors (Lipinski definition) is 1. The van der Waals surface area contributed by atoms with Crippen molar-refractivity contribution in [1.29, 1.82) is 0 Å². The van der Waals surface area contributed by atoms with Gasteiger partial charge in [0.05, 0.1) is 7.11 Å². The monoisotopic (exact) mass is 412 g/mol. The van der Waals surface area contributed by atoms with Crippen molar-refractivity contribution in [3.63, 3.8) is 0 Å². The van der Waals surface area contributed by atoms with Crippen molar-refractivity contribution < 1.29 is 23.9 Å². The van der Waals surface area contributed by atoms with Gasteiger partial charge >= 0.3 is 12.1 Å². The van der Waals surface area contributed by atoms with Crippen LogP contribution in [0.5, 0.6) is 0 Å². The van der Waals surface area contributed by atoms with E-state index >= 15 is 0 Å². The quantitative estimate of drug-likeness (QED) is 0.663. The van der Waals surface area contributed by atoms with Crippen LogP contribution in [0.2, 0.25) is 5.02 Å². The molecule has 0 radical (unpaired) electrons. The maximum Gasteiger partial charge on any atom is 0.408 e. The smallest absolute Gasteiger partial charge is 0.408 e. The van der Waals surface area contributed by atoms with Crippen molar-refractivity contribution in [2.24, 2.45) is 0 Å². The fraction of sp³-hybridized carbons (Fsp3) is 0.550. The molecule has 1 N–H and O–H groups in total. The van der Waals surface area contributed by atoms with Gasteiger partial charge in [0.15, 0.2) is 0 Å². The number of carbonyl (C=O) groups is 3. The summed E-state index contributed by atoms with van der Waals surface area (Å²) in [5, 5.41) is 3.13. The molecule has 2 amide bonds. The Kier molecular flexibility index (Phi) is 9.25. The predicted molar refractivity (Wildman–Crippen MR) is 107 cm³/mol. The number of hydrogen-bond acceptors (Lipinski definition) is 5. The first-order valence-electron chi connectivity index (χ1n) is 9.07. The van der Waals surface area contributed by atoms with Crippen LogP contribution in [-0.2, 0) is 25.5 Å². The van der Waals surface area contributed by atoms with Crippen LogP contribution in [0.4, 0.5) is 4.79 Å². The van der Waals surface area contributed by atoms with E-state index in [-0.39, 0.29) is 18.7 Å². The summed E-state index contributed by atoms with van der Waals surface area (Å²) in [6.45, 7) is 5.69. The summed E-state index contributed by atoms with van der Waals surface area (Å²) in [7, 11) is 2.93. The minimum absolute atomic E-state index is 0.0900. The first-order valence-corrected chi connectivity index (χ1v) is 9.45. The van der Waals surface area contributed by atoms with E-state index in [2.05, 4.69) is 5.32 Å². The van der Waals surface area contributed by atoms with Gasteiger partial charge in [0, 0.05) is 25.0 Å². The second-order valence-electron chi connectivity index (χ2n) is 7.45. The van der Waals surface area contributed by atoms with Gasteiger partial charge in [-0.25, -0.2) is 9.59 Å². The van der Waals surface area contributed by atoms with Gasteiger partial charge < -0.3 is 19.7 Å². The number of esters is 1.